The maximum atomic E-state index is 13.0. The van der Waals surface area contributed by atoms with E-state index in [2.05, 4.69) is 5.32 Å². The minimum Gasteiger partial charge on any atom is -0.495 e. The van der Waals surface area contributed by atoms with Crippen LogP contribution in [0, 0.1) is 6.92 Å². The summed E-state index contributed by atoms with van der Waals surface area (Å²) in [6, 6.07) is 17.0. The van der Waals surface area contributed by atoms with Gasteiger partial charge in [0.05, 0.1) is 37.9 Å². The van der Waals surface area contributed by atoms with Crippen LogP contribution in [0.2, 0.25) is 0 Å². The van der Waals surface area contributed by atoms with Crippen molar-refractivity contribution in [2.45, 2.75) is 26.2 Å². The minimum absolute atomic E-state index is 0.00452. The lowest BCUT2D eigenvalue weighted by Crippen LogP contribution is -2.42. The van der Waals surface area contributed by atoms with Gasteiger partial charge in [-0.05, 0) is 66.4 Å². The summed E-state index contributed by atoms with van der Waals surface area (Å²) in [4.78, 5) is 52.0. The number of methoxy groups -OCH3 is 1. The van der Waals surface area contributed by atoms with E-state index < -0.39 is 23.8 Å². The summed E-state index contributed by atoms with van der Waals surface area (Å²) >= 11 is 0. The van der Waals surface area contributed by atoms with Gasteiger partial charge >= 0.3 is 12.0 Å². The second kappa shape index (κ2) is 14.1. The van der Waals surface area contributed by atoms with Gasteiger partial charge in [-0.15, -0.1) is 0 Å². The number of primary amides is 1. The number of hydrogen-bond donors (Lipinski definition) is 3. The molecule has 1 heterocycles. The Balaban J connectivity index is 1.37. The molecule has 0 saturated heterocycles. The zero-order chi connectivity index (χ0) is 30.9. The molecule has 1 aliphatic rings. The average molecular weight is 591 g/mol. The van der Waals surface area contributed by atoms with Crippen LogP contribution in [-0.2, 0) is 27.2 Å². The van der Waals surface area contributed by atoms with Crippen LogP contribution in [0.1, 0.15) is 23.1 Å². The van der Waals surface area contributed by atoms with E-state index in [4.69, 9.17) is 25.1 Å². The van der Waals surface area contributed by atoms with Crippen LogP contribution < -0.4 is 30.2 Å². The molecule has 12 heteroatoms. The Hall–Kier alpha value is -5.26. The number of nitrogens with zero attached hydrogens (tertiary/aromatic N) is 2. The number of amides is 4. The summed E-state index contributed by atoms with van der Waals surface area (Å²) in [6.07, 6.45) is 0.183. The van der Waals surface area contributed by atoms with Gasteiger partial charge in [-0.25, -0.2) is 4.79 Å². The van der Waals surface area contributed by atoms with E-state index in [0.717, 1.165) is 11.1 Å². The number of carbonyl (C=O) groups excluding carboxylic acids is 3. The molecule has 1 aliphatic heterocycles. The van der Waals surface area contributed by atoms with Gasteiger partial charge in [0.2, 0.25) is 18.6 Å². The number of ether oxygens (including phenoxy) is 3. The quantitative estimate of drug-likeness (QED) is 0.274. The van der Waals surface area contributed by atoms with Crippen molar-refractivity contribution in [2.75, 3.05) is 38.4 Å². The first kappa shape index (κ1) is 30.7. The third kappa shape index (κ3) is 8.15. The molecule has 3 aromatic rings. The second-order valence-electron chi connectivity index (χ2n) is 9.93. The van der Waals surface area contributed by atoms with E-state index in [1.165, 1.54) is 16.9 Å². The number of urea groups is 1. The molecule has 4 amide bonds. The van der Waals surface area contributed by atoms with Gasteiger partial charge in [0.25, 0.3) is 0 Å². The summed E-state index contributed by atoms with van der Waals surface area (Å²) in [5.41, 5.74) is 9.10. The molecule has 0 unspecified atom stereocenters. The first-order valence-electron chi connectivity index (χ1n) is 13.6. The fourth-order valence-corrected chi connectivity index (χ4v) is 4.66. The highest BCUT2D eigenvalue weighted by Crippen LogP contribution is 2.35. The molecule has 0 spiro atoms. The highest BCUT2D eigenvalue weighted by atomic mass is 16.7. The fraction of sp³-hybridized carbons (Fsp3) is 0.290. The minimum atomic E-state index is -1.03. The van der Waals surface area contributed by atoms with Gasteiger partial charge in [0, 0.05) is 13.1 Å². The molecule has 4 rings (SSSR count). The summed E-state index contributed by atoms with van der Waals surface area (Å²) < 4.78 is 16.2. The Morgan fingerprint density at radius 1 is 0.977 bits per heavy atom. The molecule has 0 radical (unpaired) electrons. The van der Waals surface area contributed by atoms with Gasteiger partial charge in [-0.3, -0.25) is 19.3 Å². The van der Waals surface area contributed by atoms with E-state index in [9.17, 15) is 19.2 Å². The number of benzene rings is 3. The van der Waals surface area contributed by atoms with Crippen molar-refractivity contribution >= 4 is 35.2 Å². The van der Waals surface area contributed by atoms with Crippen LogP contribution in [0.25, 0.3) is 0 Å². The summed E-state index contributed by atoms with van der Waals surface area (Å²) in [5.74, 6) is -0.241. The van der Waals surface area contributed by atoms with E-state index in [-0.39, 0.29) is 39.3 Å². The van der Waals surface area contributed by atoms with E-state index in [0.29, 0.717) is 40.6 Å². The van der Waals surface area contributed by atoms with Crippen molar-refractivity contribution in [3.63, 3.8) is 0 Å². The van der Waals surface area contributed by atoms with Crippen molar-refractivity contribution in [1.29, 1.82) is 0 Å². The van der Waals surface area contributed by atoms with Gasteiger partial charge in [-0.1, -0.05) is 24.3 Å². The molecular formula is C31H34N4O8. The summed E-state index contributed by atoms with van der Waals surface area (Å²) in [7, 11) is 1.45. The normalized spacial score (nSPS) is 11.5. The maximum absolute atomic E-state index is 13.0. The average Bonchev–Trinajstić information content (AvgIpc) is 3.44. The largest absolute Gasteiger partial charge is 0.495 e. The Kier molecular flexibility index (Phi) is 10.0. The molecule has 0 bridgehead atoms. The Bertz CT molecular complexity index is 1510. The predicted molar refractivity (Wildman–Crippen MR) is 158 cm³/mol. The fourth-order valence-electron chi connectivity index (χ4n) is 4.66. The zero-order valence-corrected chi connectivity index (χ0v) is 24.0. The Morgan fingerprint density at radius 2 is 1.74 bits per heavy atom. The van der Waals surface area contributed by atoms with Gasteiger partial charge < -0.3 is 35.3 Å². The van der Waals surface area contributed by atoms with Gasteiger partial charge in [-0.2, -0.15) is 0 Å². The lowest BCUT2D eigenvalue weighted by atomic mass is 10.1. The highest BCUT2D eigenvalue weighted by Gasteiger charge is 2.21. The zero-order valence-electron chi connectivity index (χ0n) is 24.0. The first-order valence-corrected chi connectivity index (χ1v) is 13.6. The van der Waals surface area contributed by atoms with Crippen LogP contribution in [0.3, 0.4) is 0 Å². The van der Waals surface area contributed by atoms with Crippen LogP contribution >= 0.6 is 0 Å². The maximum Gasteiger partial charge on any atom is 0.324 e. The number of carbonyl (C=O) groups is 4. The van der Waals surface area contributed by atoms with Crippen molar-refractivity contribution in [2.24, 2.45) is 5.73 Å². The smallest absolute Gasteiger partial charge is 0.324 e. The van der Waals surface area contributed by atoms with E-state index in [1.807, 2.05) is 37.3 Å². The third-order valence-electron chi connectivity index (χ3n) is 6.82. The summed E-state index contributed by atoms with van der Waals surface area (Å²) in [6.45, 7) is 2.02. The molecule has 0 aliphatic carbocycles. The lowest BCUT2D eigenvalue weighted by Gasteiger charge is -2.24. The number of carboxylic acid groups (broad SMARTS) is 1. The number of fused-ring (bicyclic) bond motifs is 1. The van der Waals surface area contributed by atoms with Crippen molar-refractivity contribution in [3.05, 3.63) is 77.4 Å². The molecule has 0 fully saturated rings. The molecule has 0 saturated carbocycles. The van der Waals surface area contributed by atoms with Gasteiger partial charge in [0.15, 0.2) is 11.5 Å². The Labute approximate surface area is 248 Å². The lowest BCUT2D eigenvalue weighted by molar-refractivity contribution is -0.139. The van der Waals surface area contributed by atoms with Crippen molar-refractivity contribution < 1.29 is 38.5 Å². The number of hydrogen-bond acceptors (Lipinski definition) is 7. The number of nitrogens with one attached hydrogen (secondary N) is 1. The van der Waals surface area contributed by atoms with Crippen LogP contribution in [-0.4, -0.2) is 67.4 Å². The van der Waals surface area contributed by atoms with Crippen LogP contribution in [0.15, 0.2) is 60.7 Å². The number of nitrogens with two attached hydrogens (primary N) is 1. The number of anilines is 2. The number of rotatable bonds is 13. The number of aliphatic carboxylic acids is 1. The molecule has 0 aromatic heterocycles. The molecule has 3 aromatic carbocycles. The summed E-state index contributed by atoms with van der Waals surface area (Å²) in [5, 5.41) is 11.8. The van der Waals surface area contributed by atoms with Gasteiger partial charge in [0.1, 0.15) is 5.75 Å². The molecule has 12 nitrogen and oxygen atoms in total. The number of aryl methyl sites for hydroxylation is 1. The topological polar surface area (TPSA) is 161 Å². The highest BCUT2D eigenvalue weighted by molar-refractivity contribution is 6.00. The molecule has 0 atom stereocenters. The van der Waals surface area contributed by atoms with Crippen molar-refractivity contribution in [1.82, 2.24) is 10.2 Å². The molecular weight excluding hydrogens is 556 g/mol. The SMILES string of the molecule is COc1cc(CC(=O)NCC(=O)N(CCC(=O)O)CCc2ccc3c(c2)OCO3)ccc1N(C(N)=O)c1cccc(C)c1. The molecule has 43 heavy (non-hydrogen) atoms. The predicted octanol–water partition coefficient (Wildman–Crippen LogP) is 3.15. The third-order valence-corrected chi connectivity index (χ3v) is 6.82. The monoisotopic (exact) mass is 590 g/mol. The van der Waals surface area contributed by atoms with Crippen molar-refractivity contribution in [3.8, 4) is 17.2 Å². The molecule has 4 N–H and O–H groups in total. The second-order valence-corrected chi connectivity index (χ2v) is 9.93. The van der Waals surface area contributed by atoms with Crippen LogP contribution in [0.5, 0.6) is 17.2 Å². The van der Waals surface area contributed by atoms with E-state index in [1.54, 1.807) is 30.3 Å². The number of carboxylic acids is 1. The molecule has 226 valence electrons. The first-order chi connectivity index (χ1) is 20.6. The Morgan fingerprint density at radius 3 is 2.47 bits per heavy atom. The van der Waals surface area contributed by atoms with Crippen LogP contribution in [0.4, 0.5) is 16.2 Å². The standard InChI is InChI=1S/C31H34N4O8/c1-20-4-3-5-23(14-20)35(31(32)40)24-8-6-22(16-26(24)41-2)17-28(36)33-18-29(37)34(13-11-30(38)39)12-10-21-7-9-25-27(15-21)43-19-42-25/h3-9,14-16H,10-13,17-19H2,1-2H3,(H2,32,40)(H,33,36)(H,38,39). The van der Waals surface area contributed by atoms with E-state index >= 15 is 0 Å².